The summed E-state index contributed by atoms with van der Waals surface area (Å²) in [6, 6.07) is 8.29. The van der Waals surface area contributed by atoms with Gasteiger partial charge in [0.05, 0.1) is 0 Å². The van der Waals surface area contributed by atoms with Gasteiger partial charge in [-0.2, -0.15) is 0 Å². The molecule has 1 aliphatic rings. The smallest absolute Gasteiger partial charge is 0.259 e. The molecule has 0 aliphatic carbocycles. The topological polar surface area (TPSA) is 40.9 Å². The maximum atomic E-state index is 12.2. The number of piperazine rings is 1. The van der Waals surface area contributed by atoms with Gasteiger partial charge in [0.1, 0.15) is 11.5 Å². The molecule has 1 saturated heterocycles. The van der Waals surface area contributed by atoms with Gasteiger partial charge >= 0.3 is 0 Å². The Labute approximate surface area is 124 Å². The lowest BCUT2D eigenvalue weighted by Crippen LogP contribution is -2.54. The van der Waals surface area contributed by atoms with E-state index in [2.05, 4.69) is 35.6 Å². The van der Waals surface area contributed by atoms with Crippen LogP contribution in [0.3, 0.4) is 0 Å². The van der Waals surface area contributed by atoms with Crippen molar-refractivity contribution in [2.75, 3.05) is 24.5 Å². The van der Waals surface area contributed by atoms with E-state index in [9.17, 15) is 4.79 Å². The van der Waals surface area contributed by atoms with Crippen molar-refractivity contribution in [1.29, 1.82) is 0 Å². The number of rotatable bonds is 2. The summed E-state index contributed by atoms with van der Waals surface area (Å²) in [4.78, 5) is 21.5. The normalized spacial score (nSPS) is 20.4. The molecule has 0 radical (unpaired) electrons. The molecule has 3 rings (SSSR count). The first-order chi connectivity index (χ1) is 10.1. The molecule has 0 spiro atoms. The van der Waals surface area contributed by atoms with Gasteiger partial charge in [0.2, 0.25) is 0 Å². The third-order valence-electron chi connectivity index (χ3n) is 4.22. The quantitative estimate of drug-likeness (QED) is 0.841. The van der Waals surface area contributed by atoms with Gasteiger partial charge in [0.15, 0.2) is 0 Å². The Kier molecular flexibility index (Phi) is 3.68. The van der Waals surface area contributed by atoms with E-state index in [1.54, 1.807) is 16.7 Å². The summed E-state index contributed by atoms with van der Waals surface area (Å²) >= 11 is 0. The Morgan fingerprint density at radius 1 is 1.29 bits per heavy atom. The molecule has 0 bridgehead atoms. The van der Waals surface area contributed by atoms with Crippen LogP contribution in [0.15, 0.2) is 35.3 Å². The molecule has 0 N–H and O–H groups in total. The molecule has 1 aliphatic heterocycles. The fourth-order valence-electron chi connectivity index (χ4n) is 3.15. The third-order valence-corrected chi connectivity index (χ3v) is 4.22. The van der Waals surface area contributed by atoms with Gasteiger partial charge in [-0.05, 0) is 32.9 Å². The van der Waals surface area contributed by atoms with Crippen molar-refractivity contribution in [3.63, 3.8) is 0 Å². The predicted octanol–water partition coefficient (Wildman–Crippen LogP) is 1.61. The molecular weight excluding hydrogens is 264 g/mol. The Balaban J connectivity index is 1.90. The van der Waals surface area contributed by atoms with Gasteiger partial charge < -0.3 is 4.90 Å². The summed E-state index contributed by atoms with van der Waals surface area (Å²) in [5.41, 5.74) is 0.688. The highest BCUT2D eigenvalue weighted by Gasteiger charge is 2.26. The molecule has 1 atom stereocenters. The van der Waals surface area contributed by atoms with Crippen molar-refractivity contribution >= 4 is 11.5 Å². The average Bonchev–Trinajstić information content (AvgIpc) is 2.46. The molecule has 112 valence electrons. The molecule has 0 aromatic carbocycles. The number of nitrogens with zero attached hydrogens (tertiary/aromatic N) is 4. The van der Waals surface area contributed by atoms with Crippen LogP contribution >= 0.6 is 0 Å². The third kappa shape index (κ3) is 2.65. The zero-order chi connectivity index (χ0) is 15.0. The Bertz CT molecular complexity index is 694. The van der Waals surface area contributed by atoms with Crippen molar-refractivity contribution in [2.45, 2.75) is 32.9 Å². The van der Waals surface area contributed by atoms with Crippen LogP contribution in [-0.4, -0.2) is 46.0 Å². The lowest BCUT2D eigenvalue weighted by Gasteiger charge is -2.42. The van der Waals surface area contributed by atoms with E-state index < -0.39 is 0 Å². The molecule has 3 heterocycles. The van der Waals surface area contributed by atoms with E-state index in [0.717, 1.165) is 25.5 Å². The monoisotopic (exact) mass is 286 g/mol. The molecule has 1 fully saturated rings. The lowest BCUT2D eigenvalue weighted by molar-refractivity contribution is 0.148. The minimum atomic E-state index is -0.0189. The van der Waals surface area contributed by atoms with Gasteiger partial charge in [-0.3, -0.25) is 14.1 Å². The standard InChI is InChI=1S/C16H22N4O/c1-12(2)19-9-8-18(11-13(19)3)15-10-16(21)20-7-5-4-6-14(20)17-15/h4-7,10,12-13H,8-9,11H2,1-3H3/t13-/m0/s1. The second kappa shape index (κ2) is 5.48. The molecule has 5 nitrogen and oxygen atoms in total. The SMILES string of the molecule is CC(C)N1CCN(c2cc(=O)n3ccccc3n2)C[C@@H]1C. The minimum Gasteiger partial charge on any atom is -0.354 e. The first-order valence-corrected chi connectivity index (χ1v) is 7.55. The summed E-state index contributed by atoms with van der Waals surface area (Å²) in [7, 11) is 0. The van der Waals surface area contributed by atoms with E-state index in [1.807, 2.05) is 18.2 Å². The van der Waals surface area contributed by atoms with Crippen molar-refractivity contribution < 1.29 is 0 Å². The largest absolute Gasteiger partial charge is 0.354 e. The highest BCUT2D eigenvalue weighted by molar-refractivity contribution is 5.48. The first kappa shape index (κ1) is 14.1. The number of anilines is 1. The molecule has 2 aromatic rings. The molecule has 0 unspecified atom stereocenters. The van der Waals surface area contributed by atoms with Crippen molar-refractivity contribution in [3.05, 3.63) is 40.8 Å². The number of aromatic nitrogens is 2. The second-order valence-electron chi connectivity index (χ2n) is 6.01. The Hall–Kier alpha value is -1.88. The van der Waals surface area contributed by atoms with Gasteiger partial charge in [0.25, 0.3) is 5.56 Å². The molecular formula is C16H22N4O. The molecule has 0 amide bonds. The average molecular weight is 286 g/mol. The van der Waals surface area contributed by atoms with Crippen LogP contribution in [-0.2, 0) is 0 Å². The van der Waals surface area contributed by atoms with Crippen LogP contribution in [0.4, 0.5) is 5.82 Å². The fraction of sp³-hybridized carbons (Fsp3) is 0.500. The van der Waals surface area contributed by atoms with Crippen LogP contribution < -0.4 is 10.5 Å². The molecule has 2 aromatic heterocycles. The maximum absolute atomic E-state index is 12.2. The molecule has 0 saturated carbocycles. The van der Waals surface area contributed by atoms with E-state index in [-0.39, 0.29) is 5.56 Å². The number of hydrogen-bond donors (Lipinski definition) is 0. The van der Waals surface area contributed by atoms with Crippen LogP contribution in [0.1, 0.15) is 20.8 Å². The van der Waals surface area contributed by atoms with Crippen molar-refractivity contribution in [2.24, 2.45) is 0 Å². The fourth-order valence-corrected chi connectivity index (χ4v) is 3.15. The molecule has 5 heteroatoms. The first-order valence-electron chi connectivity index (χ1n) is 7.55. The highest BCUT2D eigenvalue weighted by Crippen LogP contribution is 2.18. The van der Waals surface area contributed by atoms with Crippen LogP contribution in [0.25, 0.3) is 5.65 Å². The van der Waals surface area contributed by atoms with E-state index in [4.69, 9.17) is 0 Å². The summed E-state index contributed by atoms with van der Waals surface area (Å²) < 4.78 is 1.58. The predicted molar refractivity (Wildman–Crippen MR) is 85.0 cm³/mol. The molecule has 21 heavy (non-hydrogen) atoms. The van der Waals surface area contributed by atoms with E-state index in [0.29, 0.717) is 17.7 Å². The summed E-state index contributed by atoms with van der Waals surface area (Å²) in [5, 5.41) is 0. The maximum Gasteiger partial charge on any atom is 0.259 e. The van der Waals surface area contributed by atoms with E-state index in [1.165, 1.54) is 0 Å². The van der Waals surface area contributed by atoms with Crippen LogP contribution in [0.5, 0.6) is 0 Å². The van der Waals surface area contributed by atoms with Crippen LogP contribution in [0, 0.1) is 0 Å². The van der Waals surface area contributed by atoms with Crippen molar-refractivity contribution in [3.8, 4) is 0 Å². The number of fused-ring (bicyclic) bond motifs is 1. The summed E-state index contributed by atoms with van der Waals surface area (Å²) in [5.74, 6) is 0.793. The second-order valence-corrected chi connectivity index (χ2v) is 6.01. The van der Waals surface area contributed by atoms with Crippen molar-refractivity contribution in [1.82, 2.24) is 14.3 Å². The zero-order valence-corrected chi connectivity index (χ0v) is 12.9. The van der Waals surface area contributed by atoms with Gasteiger partial charge in [-0.1, -0.05) is 6.07 Å². The van der Waals surface area contributed by atoms with E-state index >= 15 is 0 Å². The zero-order valence-electron chi connectivity index (χ0n) is 12.9. The Morgan fingerprint density at radius 2 is 2.10 bits per heavy atom. The summed E-state index contributed by atoms with van der Waals surface area (Å²) in [6.07, 6.45) is 1.76. The van der Waals surface area contributed by atoms with Gasteiger partial charge in [0, 0.05) is 44.0 Å². The highest BCUT2D eigenvalue weighted by atomic mass is 16.1. The van der Waals surface area contributed by atoms with Crippen LogP contribution in [0.2, 0.25) is 0 Å². The minimum absolute atomic E-state index is 0.0189. The number of hydrogen-bond acceptors (Lipinski definition) is 4. The van der Waals surface area contributed by atoms with Gasteiger partial charge in [-0.15, -0.1) is 0 Å². The number of pyridine rings is 1. The summed E-state index contributed by atoms with van der Waals surface area (Å²) in [6.45, 7) is 9.53. The van der Waals surface area contributed by atoms with Gasteiger partial charge in [-0.25, -0.2) is 4.98 Å². The Morgan fingerprint density at radius 3 is 2.81 bits per heavy atom. The lowest BCUT2D eigenvalue weighted by atomic mass is 10.1.